The van der Waals surface area contributed by atoms with Crippen molar-refractivity contribution in [3.05, 3.63) is 105 Å². The van der Waals surface area contributed by atoms with E-state index in [0.29, 0.717) is 22.1 Å². The third kappa shape index (κ3) is 8.98. The number of aromatic nitrogens is 6. The summed E-state index contributed by atoms with van der Waals surface area (Å²) in [6.07, 6.45) is 3.06. The van der Waals surface area contributed by atoms with Gasteiger partial charge in [-0.15, -0.1) is 0 Å². The van der Waals surface area contributed by atoms with Crippen molar-refractivity contribution in [2.24, 2.45) is 14.1 Å². The van der Waals surface area contributed by atoms with Crippen LogP contribution in [0.2, 0.25) is 0 Å². The Morgan fingerprint density at radius 3 is 1.67 bits per heavy atom. The van der Waals surface area contributed by atoms with Gasteiger partial charge in [-0.25, -0.2) is 27.5 Å². The molecule has 4 aromatic heterocycles. The van der Waals surface area contributed by atoms with Crippen LogP contribution in [0.25, 0.3) is 22.1 Å². The number of pyridine rings is 2. The lowest BCUT2D eigenvalue weighted by molar-refractivity contribution is 0.233. The number of halogens is 4. The molecule has 6 aromatic rings. The van der Waals surface area contributed by atoms with E-state index >= 15 is 0 Å². The second-order valence-electron chi connectivity index (χ2n) is 14.0. The van der Waals surface area contributed by atoms with Crippen LogP contribution in [-0.4, -0.2) is 70.6 Å². The third-order valence-electron chi connectivity index (χ3n) is 8.40. The van der Waals surface area contributed by atoms with Crippen LogP contribution in [0.3, 0.4) is 0 Å². The highest BCUT2D eigenvalue weighted by Crippen LogP contribution is 2.27. The Balaban J connectivity index is 0.000000211. The Hall–Kier alpha value is -6.14. The lowest BCUT2D eigenvalue weighted by Gasteiger charge is -2.24. The highest BCUT2D eigenvalue weighted by molar-refractivity contribution is 5.81. The molecular weight excluding hydrogens is 724 g/mol. The van der Waals surface area contributed by atoms with Crippen LogP contribution < -0.4 is 32.0 Å². The molecule has 0 aliphatic heterocycles. The zero-order valence-electron chi connectivity index (χ0n) is 31.0. The van der Waals surface area contributed by atoms with E-state index in [1.54, 1.807) is 40.8 Å². The minimum absolute atomic E-state index is 0.0169. The largest absolute Gasteiger partial charge is 0.394 e. The molecular formula is C37H40F4N10O4. The van der Waals surface area contributed by atoms with Crippen LogP contribution in [0.15, 0.2) is 70.5 Å². The molecule has 4 heterocycles. The fourth-order valence-electron chi connectivity index (χ4n) is 5.23. The molecule has 2 aromatic carbocycles. The normalized spacial score (nSPS) is 11.7. The van der Waals surface area contributed by atoms with Crippen molar-refractivity contribution in [1.82, 2.24) is 29.1 Å². The van der Waals surface area contributed by atoms with E-state index in [4.69, 9.17) is 0 Å². The van der Waals surface area contributed by atoms with Crippen molar-refractivity contribution in [3.63, 3.8) is 0 Å². The van der Waals surface area contributed by atoms with E-state index in [-0.39, 0.29) is 47.9 Å². The van der Waals surface area contributed by atoms with Crippen molar-refractivity contribution in [2.45, 2.75) is 38.8 Å². The molecule has 0 saturated carbocycles. The van der Waals surface area contributed by atoms with Crippen molar-refractivity contribution < 1.29 is 27.8 Å². The van der Waals surface area contributed by atoms with Crippen molar-refractivity contribution in [3.8, 4) is 0 Å². The molecule has 18 heteroatoms. The van der Waals surface area contributed by atoms with Gasteiger partial charge in [-0.2, -0.15) is 9.97 Å². The number of benzene rings is 2. The maximum absolute atomic E-state index is 14.1. The predicted octanol–water partition coefficient (Wildman–Crippen LogP) is 5.09. The molecule has 0 spiro atoms. The highest BCUT2D eigenvalue weighted by Gasteiger charge is 2.21. The van der Waals surface area contributed by atoms with E-state index in [2.05, 4.69) is 35.9 Å². The van der Waals surface area contributed by atoms with Gasteiger partial charge >= 0.3 is 0 Å². The van der Waals surface area contributed by atoms with E-state index < -0.39 is 45.5 Å². The summed E-state index contributed by atoms with van der Waals surface area (Å²) >= 11 is 0. The monoisotopic (exact) mass is 764 g/mol. The van der Waals surface area contributed by atoms with Gasteiger partial charge < -0.3 is 31.1 Å². The van der Waals surface area contributed by atoms with Crippen LogP contribution in [0.4, 0.5) is 52.2 Å². The van der Waals surface area contributed by atoms with Crippen LogP contribution in [0.1, 0.15) is 27.7 Å². The Morgan fingerprint density at radius 1 is 0.673 bits per heavy atom. The van der Waals surface area contributed by atoms with Gasteiger partial charge in [0.1, 0.15) is 45.9 Å². The number of aryl methyl sites for hydroxylation is 2. The summed E-state index contributed by atoms with van der Waals surface area (Å²) in [4.78, 5) is 43.9. The SMILES string of the molecule is CN(c1ccc(F)cc1F)c1cc2cnc(NC(C)(C)CO)nc2n(C)c1=O.Cn1c(=O)c(Nc2ccc(F)cc2F)cc2cnc(NC(C)(C)CO)nc21. The average molecular weight is 765 g/mol. The van der Waals surface area contributed by atoms with E-state index in [1.807, 2.05) is 0 Å². The number of hydrogen-bond donors (Lipinski definition) is 5. The molecule has 290 valence electrons. The summed E-state index contributed by atoms with van der Waals surface area (Å²) in [5, 5.41) is 28.5. The Kier molecular flexibility index (Phi) is 11.4. The summed E-state index contributed by atoms with van der Waals surface area (Å²) in [6, 6.07) is 9.27. The minimum atomic E-state index is -0.806. The maximum Gasteiger partial charge on any atom is 0.275 e. The van der Waals surface area contributed by atoms with Gasteiger partial charge in [-0.1, -0.05) is 0 Å². The molecule has 5 N–H and O–H groups in total. The van der Waals surface area contributed by atoms with E-state index in [9.17, 15) is 37.4 Å². The smallest absolute Gasteiger partial charge is 0.275 e. The zero-order chi connectivity index (χ0) is 40.4. The first-order valence-corrected chi connectivity index (χ1v) is 16.8. The molecule has 0 unspecified atom stereocenters. The first-order chi connectivity index (χ1) is 25.8. The van der Waals surface area contributed by atoms with Gasteiger partial charge in [-0.05, 0) is 64.1 Å². The molecule has 0 fully saturated rings. The van der Waals surface area contributed by atoms with Gasteiger partial charge in [0.15, 0.2) is 0 Å². The first kappa shape index (κ1) is 40.1. The summed E-state index contributed by atoms with van der Waals surface area (Å²) < 4.78 is 56.9. The Morgan fingerprint density at radius 2 is 1.16 bits per heavy atom. The lowest BCUT2D eigenvalue weighted by Crippen LogP contribution is -2.35. The number of nitrogens with one attached hydrogen (secondary N) is 3. The summed E-state index contributed by atoms with van der Waals surface area (Å²) in [5.41, 5.74) is -0.984. The molecule has 0 saturated heterocycles. The van der Waals surface area contributed by atoms with Gasteiger partial charge in [0.05, 0.1) is 35.7 Å². The number of fused-ring (bicyclic) bond motifs is 2. The number of anilines is 6. The molecule has 0 aliphatic carbocycles. The van der Waals surface area contributed by atoms with Crippen molar-refractivity contribution in [2.75, 3.05) is 41.1 Å². The summed E-state index contributed by atoms with van der Waals surface area (Å²) in [5.74, 6) is -2.44. The first-order valence-electron chi connectivity index (χ1n) is 16.8. The highest BCUT2D eigenvalue weighted by atomic mass is 19.1. The summed E-state index contributed by atoms with van der Waals surface area (Å²) in [7, 11) is 4.61. The number of hydrogen-bond acceptors (Lipinski definition) is 12. The Bertz CT molecular complexity index is 2510. The molecule has 6 rings (SSSR count). The van der Waals surface area contributed by atoms with Crippen LogP contribution in [-0.2, 0) is 14.1 Å². The van der Waals surface area contributed by atoms with Crippen LogP contribution in [0, 0.1) is 23.3 Å². The topological polar surface area (TPSA) is 175 Å². The van der Waals surface area contributed by atoms with Gasteiger partial charge in [0.2, 0.25) is 11.9 Å². The number of aliphatic hydroxyl groups excluding tert-OH is 2. The lowest BCUT2D eigenvalue weighted by atomic mass is 10.1. The van der Waals surface area contributed by atoms with Gasteiger partial charge in [-0.3, -0.25) is 18.7 Å². The van der Waals surface area contributed by atoms with Crippen LogP contribution in [0.5, 0.6) is 0 Å². The molecule has 0 atom stereocenters. The second kappa shape index (κ2) is 15.7. The van der Waals surface area contributed by atoms with Gasteiger partial charge in [0.25, 0.3) is 11.1 Å². The maximum atomic E-state index is 14.1. The Labute approximate surface area is 312 Å². The molecule has 0 radical (unpaired) electrons. The molecule has 0 amide bonds. The molecule has 0 bridgehead atoms. The molecule has 0 aliphatic rings. The minimum Gasteiger partial charge on any atom is -0.394 e. The van der Waals surface area contributed by atoms with Crippen molar-refractivity contribution in [1.29, 1.82) is 0 Å². The van der Waals surface area contributed by atoms with Crippen LogP contribution >= 0.6 is 0 Å². The number of rotatable bonds is 10. The number of nitrogens with zero attached hydrogens (tertiary/aromatic N) is 7. The van der Waals surface area contributed by atoms with E-state index in [0.717, 1.165) is 24.3 Å². The predicted molar refractivity (Wildman–Crippen MR) is 203 cm³/mol. The average Bonchev–Trinajstić information content (AvgIpc) is 3.13. The zero-order valence-corrected chi connectivity index (χ0v) is 31.0. The standard InChI is InChI=1S/C19H21F2N5O2.C18H19F2N5O2/c1-19(2,10-27)24-18-22-9-11-7-15(17(28)26(4)16(11)23-18)25(3)14-6-5-12(20)8-13(14)21;1-18(2,9-26)24-17-21-8-10-6-14(16(27)25(3)15(10)23-17)22-13-5-4-11(19)7-12(13)20/h5-9,27H,10H2,1-4H3,(H,22,23,24);4-8,22,26H,9H2,1-3H3,(H,21,23,24). The molecule has 14 nitrogen and oxygen atoms in total. The van der Waals surface area contributed by atoms with Gasteiger partial charge in [0, 0.05) is 56.4 Å². The summed E-state index contributed by atoms with van der Waals surface area (Å²) in [6.45, 7) is 6.89. The fraction of sp³-hybridized carbons (Fsp3) is 0.297. The fourth-order valence-corrected chi connectivity index (χ4v) is 5.23. The van der Waals surface area contributed by atoms with E-state index in [1.165, 1.54) is 58.7 Å². The quantitative estimate of drug-likeness (QED) is 0.117. The third-order valence-corrected chi connectivity index (χ3v) is 8.40. The number of aliphatic hydroxyl groups is 2. The second-order valence-corrected chi connectivity index (χ2v) is 14.0. The van der Waals surface area contributed by atoms with Crippen molar-refractivity contribution >= 4 is 56.7 Å². The molecule has 55 heavy (non-hydrogen) atoms.